The molecule has 4 heteroatoms. The highest BCUT2D eigenvalue weighted by Gasteiger charge is 2.22. The molecule has 0 saturated heterocycles. The van der Waals surface area contributed by atoms with Gasteiger partial charge in [-0.25, -0.2) is 4.39 Å². The number of nitrogens with one attached hydrogen (secondary N) is 1. The Bertz CT molecular complexity index is 593. The van der Waals surface area contributed by atoms with E-state index in [1.54, 1.807) is 12.1 Å². The minimum absolute atomic E-state index is 0.194. The number of H-pyrrole nitrogens is 1. The molecule has 3 rings (SSSR count). The van der Waals surface area contributed by atoms with E-state index in [0.717, 1.165) is 36.8 Å². The van der Waals surface area contributed by atoms with Gasteiger partial charge in [0.05, 0.1) is 6.10 Å². The van der Waals surface area contributed by atoms with Crippen molar-refractivity contribution in [2.24, 2.45) is 0 Å². The summed E-state index contributed by atoms with van der Waals surface area (Å²) >= 11 is 0. The molecule has 2 heterocycles. The number of hydrogen-bond acceptors (Lipinski definition) is 2. The van der Waals surface area contributed by atoms with Gasteiger partial charge in [0.1, 0.15) is 5.82 Å². The van der Waals surface area contributed by atoms with Crippen LogP contribution in [0.1, 0.15) is 24.6 Å². The topological polar surface area (TPSA) is 39.3 Å². The van der Waals surface area contributed by atoms with E-state index in [1.165, 1.54) is 17.3 Å². The molecule has 1 aliphatic heterocycles. The van der Waals surface area contributed by atoms with Gasteiger partial charge in [-0.1, -0.05) is 6.92 Å². The first kappa shape index (κ1) is 12.6. The molecule has 1 atom stereocenters. The minimum atomic E-state index is -0.275. The maximum absolute atomic E-state index is 13.4. The van der Waals surface area contributed by atoms with E-state index in [2.05, 4.69) is 9.88 Å². The van der Waals surface area contributed by atoms with E-state index in [-0.39, 0.29) is 11.9 Å². The Labute approximate surface area is 112 Å². The highest BCUT2D eigenvalue weighted by atomic mass is 19.1. The van der Waals surface area contributed by atoms with E-state index in [1.807, 2.05) is 6.92 Å². The normalized spacial score (nSPS) is 17.6. The summed E-state index contributed by atoms with van der Waals surface area (Å²) in [7, 11) is 0. The first-order valence-corrected chi connectivity index (χ1v) is 6.86. The van der Waals surface area contributed by atoms with Crippen molar-refractivity contribution in [3.05, 3.63) is 35.3 Å². The lowest BCUT2D eigenvalue weighted by molar-refractivity contribution is 0.102. The third-order valence-electron chi connectivity index (χ3n) is 3.96. The average molecular weight is 262 g/mol. The van der Waals surface area contributed by atoms with E-state index in [4.69, 9.17) is 0 Å². The molecule has 0 unspecified atom stereocenters. The van der Waals surface area contributed by atoms with Gasteiger partial charge in [-0.15, -0.1) is 0 Å². The summed E-state index contributed by atoms with van der Waals surface area (Å²) in [5.41, 5.74) is 3.40. The van der Waals surface area contributed by atoms with Crippen molar-refractivity contribution < 1.29 is 9.50 Å². The standard InChI is InChI=1S/C15H19FN2O/c1-2-11(19)8-18-6-5-15-13(9-18)12-7-10(16)3-4-14(12)17-15/h3-4,7,11,17,19H,2,5-6,8-9H2,1H3/t11-/m0/s1. The number of β-amino-alcohol motifs (C(OH)–C–C–N with tert-alkyl or cyclic N) is 1. The van der Waals surface area contributed by atoms with Crippen LogP contribution in [0.3, 0.4) is 0 Å². The Morgan fingerprint density at radius 3 is 3.11 bits per heavy atom. The predicted molar refractivity (Wildman–Crippen MR) is 73.5 cm³/mol. The Balaban J connectivity index is 1.90. The smallest absolute Gasteiger partial charge is 0.123 e. The van der Waals surface area contributed by atoms with Crippen LogP contribution in [0.4, 0.5) is 4.39 Å². The minimum Gasteiger partial charge on any atom is -0.392 e. The number of fused-ring (bicyclic) bond motifs is 3. The Kier molecular flexibility index (Phi) is 3.29. The quantitative estimate of drug-likeness (QED) is 0.891. The Hall–Kier alpha value is -1.39. The van der Waals surface area contributed by atoms with Gasteiger partial charge >= 0.3 is 0 Å². The van der Waals surface area contributed by atoms with Crippen LogP contribution in [0.5, 0.6) is 0 Å². The van der Waals surface area contributed by atoms with Crippen LogP contribution in [0.2, 0.25) is 0 Å². The second-order valence-electron chi connectivity index (χ2n) is 5.32. The van der Waals surface area contributed by atoms with Crippen molar-refractivity contribution >= 4 is 10.9 Å². The molecule has 1 aromatic heterocycles. The fraction of sp³-hybridized carbons (Fsp3) is 0.467. The molecule has 1 aromatic carbocycles. The molecular weight excluding hydrogens is 243 g/mol. The number of rotatable bonds is 3. The van der Waals surface area contributed by atoms with E-state index in [9.17, 15) is 9.50 Å². The second-order valence-corrected chi connectivity index (χ2v) is 5.32. The summed E-state index contributed by atoms with van der Waals surface area (Å²) in [6.07, 6.45) is 1.43. The molecule has 102 valence electrons. The van der Waals surface area contributed by atoms with Gasteiger partial charge in [0, 0.05) is 42.7 Å². The molecule has 0 radical (unpaired) electrons. The van der Waals surface area contributed by atoms with E-state index < -0.39 is 0 Å². The van der Waals surface area contributed by atoms with Gasteiger partial charge in [0.25, 0.3) is 0 Å². The van der Waals surface area contributed by atoms with Crippen LogP contribution in [0.15, 0.2) is 18.2 Å². The van der Waals surface area contributed by atoms with Crippen LogP contribution >= 0.6 is 0 Å². The molecule has 0 aliphatic carbocycles. The van der Waals surface area contributed by atoms with Crippen LogP contribution in [-0.2, 0) is 13.0 Å². The van der Waals surface area contributed by atoms with Crippen molar-refractivity contribution in [2.45, 2.75) is 32.4 Å². The molecule has 3 nitrogen and oxygen atoms in total. The van der Waals surface area contributed by atoms with Gasteiger partial charge in [-0.05, 0) is 30.2 Å². The fourth-order valence-corrected chi connectivity index (χ4v) is 2.83. The van der Waals surface area contributed by atoms with Crippen LogP contribution < -0.4 is 0 Å². The number of benzene rings is 1. The van der Waals surface area contributed by atoms with Gasteiger partial charge in [-0.2, -0.15) is 0 Å². The lowest BCUT2D eigenvalue weighted by Gasteiger charge is -2.28. The first-order chi connectivity index (χ1) is 9.17. The van der Waals surface area contributed by atoms with Crippen LogP contribution in [-0.4, -0.2) is 34.2 Å². The summed E-state index contributed by atoms with van der Waals surface area (Å²) in [6.45, 7) is 4.41. The first-order valence-electron chi connectivity index (χ1n) is 6.86. The summed E-state index contributed by atoms with van der Waals surface area (Å²) < 4.78 is 13.4. The number of aliphatic hydroxyl groups excluding tert-OH is 1. The highest BCUT2D eigenvalue weighted by Crippen LogP contribution is 2.28. The highest BCUT2D eigenvalue weighted by molar-refractivity contribution is 5.84. The number of aliphatic hydroxyl groups is 1. The largest absolute Gasteiger partial charge is 0.392 e. The maximum Gasteiger partial charge on any atom is 0.123 e. The zero-order valence-corrected chi connectivity index (χ0v) is 11.1. The maximum atomic E-state index is 13.4. The number of aromatic amines is 1. The Morgan fingerprint density at radius 1 is 1.47 bits per heavy atom. The average Bonchev–Trinajstić information content (AvgIpc) is 2.76. The molecule has 1 aliphatic rings. The lowest BCUT2D eigenvalue weighted by atomic mass is 10.0. The molecule has 0 bridgehead atoms. The fourth-order valence-electron chi connectivity index (χ4n) is 2.83. The summed E-state index contributed by atoms with van der Waals surface area (Å²) in [6, 6.07) is 4.89. The molecule has 0 fully saturated rings. The molecule has 2 aromatic rings. The number of aromatic nitrogens is 1. The van der Waals surface area contributed by atoms with Crippen molar-refractivity contribution in [1.82, 2.24) is 9.88 Å². The van der Waals surface area contributed by atoms with Crippen molar-refractivity contribution in [2.75, 3.05) is 13.1 Å². The molecule has 2 N–H and O–H groups in total. The van der Waals surface area contributed by atoms with Gasteiger partial charge in [0.2, 0.25) is 0 Å². The zero-order chi connectivity index (χ0) is 13.4. The van der Waals surface area contributed by atoms with Gasteiger partial charge < -0.3 is 10.1 Å². The van der Waals surface area contributed by atoms with Crippen molar-refractivity contribution in [3.8, 4) is 0 Å². The third-order valence-corrected chi connectivity index (χ3v) is 3.96. The van der Waals surface area contributed by atoms with Crippen molar-refractivity contribution in [1.29, 1.82) is 0 Å². The van der Waals surface area contributed by atoms with E-state index in [0.29, 0.717) is 6.54 Å². The van der Waals surface area contributed by atoms with Gasteiger partial charge in [-0.3, -0.25) is 4.90 Å². The van der Waals surface area contributed by atoms with Crippen molar-refractivity contribution in [3.63, 3.8) is 0 Å². The predicted octanol–water partition coefficient (Wildman–Crippen LogP) is 2.44. The molecule has 19 heavy (non-hydrogen) atoms. The molecule has 0 spiro atoms. The molecule has 0 saturated carbocycles. The summed E-state index contributed by atoms with van der Waals surface area (Å²) in [4.78, 5) is 5.62. The van der Waals surface area contributed by atoms with Crippen LogP contribution in [0, 0.1) is 5.82 Å². The SMILES string of the molecule is CC[C@H](O)CN1CCc2[nH]c3ccc(F)cc3c2C1. The lowest BCUT2D eigenvalue weighted by Crippen LogP contribution is -2.36. The Morgan fingerprint density at radius 2 is 2.32 bits per heavy atom. The second kappa shape index (κ2) is 4.94. The molecular formula is C15H19FN2O. The van der Waals surface area contributed by atoms with Crippen LogP contribution in [0.25, 0.3) is 10.9 Å². The monoisotopic (exact) mass is 262 g/mol. The number of halogens is 1. The third kappa shape index (κ3) is 2.38. The number of nitrogens with zero attached hydrogens (tertiary/aromatic N) is 1. The van der Waals surface area contributed by atoms with Gasteiger partial charge in [0.15, 0.2) is 0 Å². The van der Waals surface area contributed by atoms with E-state index >= 15 is 0 Å². The summed E-state index contributed by atoms with van der Waals surface area (Å²) in [5, 5.41) is 10.7. The molecule has 0 amide bonds. The summed E-state index contributed by atoms with van der Waals surface area (Å²) in [5.74, 6) is -0.194. The zero-order valence-electron chi connectivity index (χ0n) is 11.1. The number of hydrogen-bond donors (Lipinski definition) is 2.